The van der Waals surface area contributed by atoms with Gasteiger partial charge in [-0.15, -0.1) is 24.0 Å². The predicted octanol–water partition coefficient (Wildman–Crippen LogP) is 13.2. The van der Waals surface area contributed by atoms with E-state index in [1.807, 2.05) is 13.8 Å². The molecule has 0 bridgehead atoms. The lowest BCUT2D eigenvalue weighted by molar-refractivity contribution is -0.432. The number of carbonyl (C=O) groups is 1. The van der Waals surface area contributed by atoms with Gasteiger partial charge in [0.25, 0.3) is 16.0 Å². The number of rotatable bonds is 16. The summed E-state index contributed by atoms with van der Waals surface area (Å²) in [5.41, 5.74) is 12.7. The van der Waals surface area contributed by atoms with Gasteiger partial charge in [0, 0.05) is 38.0 Å². The quantitative estimate of drug-likeness (QED) is 0.0131. The fourth-order valence-corrected chi connectivity index (χ4v) is 8.84. The Morgan fingerprint density at radius 1 is 0.653 bits per heavy atom. The van der Waals surface area contributed by atoms with Crippen LogP contribution in [0.3, 0.4) is 0 Å². The number of amides is 1. The van der Waals surface area contributed by atoms with Crippen molar-refractivity contribution < 1.29 is 52.1 Å². The molecule has 9 aromatic rings. The maximum atomic E-state index is 12.8. The topological polar surface area (TPSA) is 312 Å². The highest BCUT2D eigenvalue weighted by atomic mass is 32.2. The van der Waals surface area contributed by atoms with Crippen LogP contribution >= 0.6 is 24.1 Å². The molecule has 7 N–H and O–H groups in total. The number of anilines is 2. The molecule has 1 aromatic heterocycles. The standard InChI is InChI=1S/C47H35N11O11S3/c1-25-20-41(54-55-45-43(71-69-67-62)22-28-21-33(13-16-36(28)46(45)59)49-47(60)27-3-5-29(48)6-4-27)26(2)19-40(25)53-52-31-9-7-30(8-10-31)50-51-32-11-14-34(15-12-32)58-56-39-18-17-37-38(44(39)57-58)23-35(72(63,64)65)24-42(37)70-68-66-61/h3-24,59,61-62H,48H2,1-2H3,(H,49,60)(H,63,64,65). The average Bonchev–Trinajstić information content (AvgIpc) is 3.82. The Morgan fingerprint density at radius 2 is 1.24 bits per heavy atom. The van der Waals surface area contributed by atoms with Crippen molar-refractivity contribution in [2.45, 2.75) is 28.5 Å². The number of benzene rings is 8. The van der Waals surface area contributed by atoms with Crippen LogP contribution in [0.25, 0.3) is 38.3 Å². The van der Waals surface area contributed by atoms with E-state index >= 15 is 0 Å². The van der Waals surface area contributed by atoms with E-state index in [1.54, 1.807) is 121 Å². The van der Waals surface area contributed by atoms with Crippen molar-refractivity contribution in [2.24, 2.45) is 30.7 Å². The number of hydrogen-bond donors (Lipinski definition) is 6. The second-order valence-corrected chi connectivity index (χ2v) is 18.4. The summed E-state index contributed by atoms with van der Waals surface area (Å²) in [6.45, 7) is 3.67. The van der Waals surface area contributed by atoms with Crippen molar-refractivity contribution in [1.29, 1.82) is 0 Å². The molecule has 0 saturated heterocycles. The molecule has 0 aliphatic heterocycles. The van der Waals surface area contributed by atoms with Crippen LogP contribution in [-0.2, 0) is 28.9 Å². The van der Waals surface area contributed by atoms with Crippen molar-refractivity contribution in [3.8, 4) is 11.4 Å². The first-order valence-electron chi connectivity index (χ1n) is 20.9. The number of aryl methyl sites for hydroxylation is 2. The number of fused-ring (bicyclic) bond motifs is 4. The van der Waals surface area contributed by atoms with Crippen molar-refractivity contribution in [3.05, 3.63) is 150 Å². The summed E-state index contributed by atoms with van der Waals surface area (Å²) >= 11 is 1.14. The predicted molar refractivity (Wildman–Crippen MR) is 267 cm³/mol. The Kier molecular flexibility index (Phi) is 14.3. The number of hydrogen-bond acceptors (Lipinski definition) is 21. The van der Waals surface area contributed by atoms with Crippen LogP contribution in [0.4, 0.5) is 45.5 Å². The number of aromatic hydroxyl groups is 1. The molecule has 25 heteroatoms. The number of nitrogens with two attached hydrogens (primary N) is 1. The minimum atomic E-state index is -4.61. The molecule has 1 heterocycles. The molecule has 22 nitrogen and oxygen atoms in total. The Bertz CT molecular complexity index is 3750. The highest BCUT2D eigenvalue weighted by molar-refractivity contribution is 7.95. The first kappa shape index (κ1) is 48.9. The van der Waals surface area contributed by atoms with Crippen LogP contribution in [0.2, 0.25) is 0 Å². The van der Waals surface area contributed by atoms with E-state index in [0.717, 1.165) is 5.56 Å². The molecule has 0 aliphatic carbocycles. The van der Waals surface area contributed by atoms with Gasteiger partial charge in [0.15, 0.2) is 5.75 Å². The Hall–Kier alpha value is -8.08. The van der Waals surface area contributed by atoms with E-state index in [-0.39, 0.29) is 27.1 Å². The van der Waals surface area contributed by atoms with Gasteiger partial charge in [0.05, 0.1) is 68.0 Å². The second kappa shape index (κ2) is 21.1. The molecule has 0 saturated carbocycles. The molecule has 1 amide bonds. The van der Waals surface area contributed by atoms with Gasteiger partial charge in [0.2, 0.25) is 0 Å². The van der Waals surface area contributed by atoms with Gasteiger partial charge in [-0.05, 0) is 158 Å². The molecule has 9 rings (SSSR count). The normalized spacial score (nSPS) is 12.1. The van der Waals surface area contributed by atoms with Crippen LogP contribution in [0.15, 0.2) is 179 Å². The molecule has 0 aliphatic rings. The first-order chi connectivity index (χ1) is 34.7. The molecule has 8 aromatic carbocycles. The summed E-state index contributed by atoms with van der Waals surface area (Å²) < 4.78 is 43.1. The van der Waals surface area contributed by atoms with Crippen LogP contribution in [0.5, 0.6) is 5.75 Å². The third-order valence-electron chi connectivity index (χ3n) is 10.8. The maximum Gasteiger partial charge on any atom is 0.294 e. The zero-order valence-electron chi connectivity index (χ0n) is 37.2. The van der Waals surface area contributed by atoms with Gasteiger partial charge < -0.3 is 16.2 Å². The fraction of sp³-hybridized carbons (Fsp3) is 0.0426. The third kappa shape index (κ3) is 10.9. The Morgan fingerprint density at radius 3 is 1.86 bits per heavy atom. The van der Waals surface area contributed by atoms with E-state index in [1.165, 1.54) is 16.9 Å². The molecule has 0 atom stereocenters. The Balaban J connectivity index is 0.862. The molecular weight excluding hydrogens is 991 g/mol. The number of azo groups is 3. The van der Waals surface area contributed by atoms with Gasteiger partial charge in [0.1, 0.15) is 16.7 Å². The van der Waals surface area contributed by atoms with E-state index in [0.29, 0.717) is 113 Å². The molecule has 72 heavy (non-hydrogen) atoms. The average molecular weight is 1030 g/mol. The molecule has 0 spiro atoms. The SMILES string of the molecule is Cc1cc(N=Nc2c(SOOO)cc3cc(NC(=O)c4ccc(N)cc4)ccc3c2O)c(C)cc1N=Nc1ccc(N=Nc2ccc(-n3nc4ccc5c(SOOO)cc(S(=O)(=O)O)cc5c4n3)cc2)cc1. The zero-order valence-corrected chi connectivity index (χ0v) is 39.6. The highest BCUT2D eigenvalue weighted by Gasteiger charge is 2.20. The van der Waals surface area contributed by atoms with Gasteiger partial charge in [-0.3, -0.25) is 9.35 Å². The molecule has 0 radical (unpaired) electrons. The number of carbonyl (C=O) groups excluding carboxylic acids is 1. The highest BCUT2D eigenvalue weighted by Crippen LogP contribution is 2.45. The largest absolute Gasteiger partial charge is 0.505 e. The summed E-state index contributed by atoms with van der Waals surface area (Å²) in [7, 11) is -4.61. The lowest BCUT2D eigenvalue weighted by atomic mass is 10.1. The Labute approximate surface area is 415 Å². The van der Waals surface area contributed by atoms with E-state index < -0.39 is 15.0 Å². The van der Waals surface area contributed by atoms with Crippen LogP contribution in [0.1, 0.15) is 21.5 Å². The molecule has 0 unspecified atom stereocenters. The first-order valence-corrected chi connectivity index (χ1v) is 23.8. The van der Waals surface area contributed by atoms with Crippen molar-refractivity contribution in [2.75, 3.05) is 11.1 Å². The van der Waals surface area contributed by atoms with E-state index in [9.17, 15) is 22.9 Å². The van der Waals surface area contributed by atoms with Gasteiger partial charge >= 0.3 is 0 Å². The minimum Gasteiger partial charge on any atom is -0.505 e. The number of aromatic nitrogens is 3. The number of nitrogen functional groups attached to an aromatic ring is 1. The summed E-state index contributed by atoms with van der Waals surface area (Å²) in [6.07, 6.45) is 0. The van der Waals surface area contributed by atoms with Crippen LogP contribution < -0.4 is 11.1 Å². The van der Waals surface area contributed by atoms with Gasteiger partial charge in [-0.2, -0.15) is 38.8 Å². The summed E-state index contributed by atoms with van der Waals surface area (Å²) in [5.74, 6) is -0.578. The summed E-state index contributed by atoms with van der Waals surface area (Å²) in [6, 6.07) is 36.3. The van der Waals surface area contributed by atoms with Crippen molar-refractivity contribution >= 4 is 118 Å². The van der Waals surface area contributed by atoms with Crippen LogP contribution in [-0.4, -0.2) is 49.5 Å². The van der Waals surface area contributed by atoms with Crippen molar-refractivity contribution in [1.82, 2.24) is 15.0 Å². The fourth-order valence-electron chi connectivity index (χ4n) is 7.19. The molecular formula is C47H35N11O11S3. The number of nitrogens with one attached hydrogen (secondary N) is 1. The zero-order chi connectivity index (χ0) is 50.5. The van der Waals surface area contributed by atoms with Crippen LogP contribution in [0, 0.1) is 13.8 Å². The maximum absolute atomic E-state index is 12.8. The van der Waals surface area contributed by atoms with Crippen molar-refractivity contribution in [3.63, 3.8) is 0 Å². The number of phenols is 1. The van der Waals surface area contributed by atoms with E-state index in [2.05, 4.69) is 60.6 Å². The number of phenolic OH excluding ortho intramolecular Hbond substituents is 1. The second-order valence-electron chi connectivity index (χ2n) is 15.5. The van der Waals surface area contributed by atoms with E-state index in [4.69, 9.17) is 20.6 Å². The summed E-state index contributed by atoms with van der Waals surface area (Å²) in [4.78, 5) is 14.3. The third-order valence-corrected chi connectivity index (χ3v) is 12.9. The summed E-state index contributed by atoms with van der Waals surface area (Å²) in [5, 5.41) is 76.4. The number of nitrogens with zero attached hydrogens (tertiary/aromatic N) is 9. The lowest BCUT2D eigenvalue weighted by Gasteiger charge is -2.11. The van der Waals surface area contributed by atoms with Gasteiger partial charge in [-0.25, -0.2) is 10.5 Å². The lowest BCUT2D eigenvalue weighted by Crippen LogP contribution is -2.11. The van der Waals surface area contributed by atoms with Gasteiger partial charge in [-0.1, -0.05) is 16.1 Å². The molecule has 0 fully saturated rings. The molecule has 362 valence electrons. The monoisotopic (exact) mass is 1030 g/mol. The smallest absolute Gasteiger partial charge is 0.294 e. The minimum absolute atomic E-state index is 0.0415.